The van der Waals surface area contributed by atoms with Gasteiger partial charge in [0, 0.05) is 11.2 Å². The SMILES string of the molecule is Cc1ccc(S(=O)(O)=S)c(CCc2ccccc2)c1. The van der Waals surface area contributed by atoms with Gasteiger partial charge in [-0.3, -0.25) is 0 Å². The van der Waals surface area contributed by atoms with Crippen molar-refractivity contribution in [3.63, 3.8) is 0 Å². The van der Waals surface area contributed by atoms with Crippen LogP contribution in [-0.4, -0.2) is 8.76 Å². The fraction of sp³-hybridized carbons (Fsp3) is 0.200. The summed E-state index contributed by atoms with van der Waals surface area (Å²) in [5.41, 5.74) is 3.15. The van der Waals surface area contributed by atoms with Crippen LogP contribution in [0.5, 0.6) is 0 Å². The zero-order chi connectivity index (χ0) is 13.9. The topological polar surface area (TPSA) is 37.3 Å². The summed E-state index contributed by atoms with van der Waals surface area (Å²) >= 11 is 4.70. The molecule has 2 aromatic rings. The molecule has 0 fully saturated rings. The van der Waals surface area contributed by atoms with Gasteiger partial charge < -0.3 is 4.55 Å². The summed E-state index contributed by atoms with van der Waals surface area (Å²) in [7, 11) is -3.32. The van der Waals surface area contributed by atoms with E-state index in [2.05, 4.69) is 12.1 Å². The van der Waals surface area contributed by atoms with E-state index in [1.54, 1.807) is 6.07 Å². The molecule has 2 nitrogen and oxygen atoms in total. The van der Waals surface area contributed by atoms with Crippen molar-refractivity contribution < 1.29 is 8.76 Å². The molecule has 0 aliphatic carbocycles. The molecule has 1 unspecified atom stereocenters. The molecule has 4 heteroatoms. The van der Waals surface area contributed by atoms with Gasteiger partial charge in [0.2, 0.25) is 0 Å². The van der Waals surface area contributed by atoms with E-state index < -0.39 is 8.77 Å². The number of rotatable bonds is 4. The molecule has 0 amide bonds. The Balaban J connectivity index is 2.27. The van der Waals surface area contributed by atoms with Crippen LogP contribution in [0, 0.1) is 6.92 Å². The summed E-state index contributed by atoms with van der Waals surface area (Å²) in [6.07, 6.45) is 1.55. The van der Waals surface area contributed by atoms with Crippen molar-refractivity contribution in [3.8, 4) is 0 Å². The third-order valence-corrected chi connectivity index (χ3v) is 4.51. The van der Waals surface area contributed by atoms with Gasteiger partial charge >= 0.3 is 0 Å². The molecule has 0 heterocycles. The maximum atomic E-state index is 11.7. The minimum Gasteiger partial charge on any atom is -0.302 e. The Labute approximate surface area is 119 Å². The summed E-state index contributed by atoms with van der Waals surface area (Å²) in [5.74, 6) is 0. The molecular weight excluding hydrogens is 276 g/mol. The largest absolute Gasteiger partial charge is 0.302 e. The smallest absolute Gasteiger partial charge is 0.171 e. The van der Waals surface area contributed by atoms with Gasteiger partial charge in [0.1, 0.15) is 0 Å². The molecule has 1 N–H and O–H groups in total. The van der Waals surface area contributed by atoms with Gasteiger partial charge in [-0.05, 0) is 37.0 Å². The molecule has 0 spiro atoms. The van der Waals surface area contributed by atoms with Crippen LogP contribution in [-0.2, 0) is 32.8 Å². The van der Waals surface area contributed by atoms with Crippen LogP contribution < -0.4 is 0 Å². The molecule has 0 radical (unpaired) electrons. The van der Waals surface area contributed by atoms with Gasteiger partial charge in [-0.1, -0.05) is 48.0 Å². The Kier molecular flexibility index (Phi) is 4.34. The maximum absolute atomic E-state index is 11.7. The second-order valence-corrected chi connectivity index (χ2v) is 7.32. The van der Waals surface area contributed by atoms with Gasteiger partial charge in [0.05, 0.1) is 4.90 Å². The summed E-state index contributed by atoms with van der Waals surface area (Å²) in [6.45, 7) is 1.97. The minimum atomic E-state index is -3.32. The second kappa shape index (κ2) is 5.82. The highest BCUT2D eigenvalue weighted by Gasteiger charge is 2.12. The fourth-order valence-electron chi connectivity index (χ4n) is 2.08. The number of hydrogen-bond acceptors (Lipinski definition) is 2. The first-order valence-corrected chi connectivity index (χ1v) is 8.52. The van der Waals surface area contributed by atoms with Gasteiger partial charge in [-0.15, -0.1) is 0 Å². The molecule has 0 saturated carbocycles. The Morgan fingerprint density at radius 2 is 1.79 bits per heavy atom. The van der Waals surface area contributed by atoms with Crippen LogP contribution in [0.15, 0.2) is 53.4 Å². The normalized spacial score (nSPS) is 14.0. The summed E-state index contributed by atoms with van der Waals surface area (Å²) in [4.78, 5) is 0.379. The average Bonchev–Trinajstić information content (AvgIpc) is 2.36. The molecule has 0 aliphatic heterocycles. The van der Waals surface area contributed by atoms with Gasteiger partial charge in [-0.2, -0.15) is 0 Å². The number of hydrogen-bond donors (Lipinski definition) is 1. The lowest BCUT2D eigenvalue weighted by Gasteiger charge is -2.10. The molecule has 19 heavy (non-hydrogen) atoms. The van der Waals surface area contributed by atoms with E-state index in [9.17, 15) is 8.76 Å². The highest BCUT2D eigenvalue weighted by molar-refractivity contribution is 8.29. The number of aryl methyl sites for hydroxylation is 3. The van der Waals surface area contributed by atoms with Crippen LogP contribution in [0.25, 0.3) is 0 Å². The standard InChI is InChI=1S/C15H16O2S2/c1-12-7-10-15(19(16,17)18)14(11-12)9-8-13-5-3-2-4-6-13/h2-7,10-11H,8-9H2,1H3,(H,16,17,18). The summed E-state index contributed by atoms with van der Waals surface area (Å²) in [5, 5.41) is 0. The van der Waals surface area contributed by atoms with Crippen LogP contribution in [0.2, 0.25) is 0 Å². The molecule has 2 aromatic carbocycles. The molecular formula is C15H16O2S2. The van der Waals surface area contributed by atoms with Crippen molar-refractivity contribution in [2.75, 3.05) is 0 Å². The van der Waals surface area contributed by atoms with Crippen LogP contribution in [0.4, 0.5) is 0 Å². The van der Waals surface area contributed by atoms with E-state index in [0.29, 0.717) is 4.90 Å². The molecule has 0 aliphatic rings. The van der Waals surface area contributed by atoms with Crippen molar-refractivity contribution in [2.45, 2.75) is 24.7 Å². The Bertz CT molecular complexity index is 662. The molecule has 100 valence electrons. The lowest BCUT2D eigenvalue weighted by molar-refractivity contribution is 0.560. The van der Waals surface area contributed by atoms with Crippen molar-refractivity contribution in [1.82, 2.24) is 0 Å². The highest BCUT2D eigenvalue weighted by atomic mass is 32.8. The van der Waals surface area contributed by atoms with Gasteiger partial charge in [-0.25, -0.2) is 4.21 Å². The zero-order valence-electron chi connectivity index (χ0n) is 10.7. The monoisotopic (exact) mass is 292 g/mol. The van der Waals surface area contributed by atoms with E-state index in [0.717, 1.165) is 24.0 Å². The van der Waals surface area contributed by atoms with Crippen LogP contribution >= 0.6 is 0 Å². The van der Waals surface area contributed by atoms with Gasteiger partial charge in [0.25, 0.3) is 0 Å². The van der Waals surface area contributed by atoms with E-state index in [4.69, 9.17) is 11.2 Å². The van der Waals surface area contributed by atoms with E-state index >= 15 is 0 Å². The minimum absolute atomic E-state index is 0.379. The first kappa shape index (κ1) is 14.2. The molecule has 1 atom stereocenters. The van der Waals surface area contributed by atoms with Crippen molar-refractivity contribution in [1.29, 1.82) is 0 Å². The average molecular weight is 292 g/mol. The lowest BCUT2D eigenvalue weighted by Crippen LogP contribution is -2.03. The molecule has 0 saturated heterocycles. The van der Waals surface area contributed by atoms with E-state index in [1.807, 2.05) is 37.3 Å². The second-order valence-electron chi connectivity index (χ2n) is 4.57. The van der Waals surface area contributed by atoms with E-state index in [-0.39, 0.29) is 0 Å². The lowest BCUT2D eigenvalue weighted by atomic mass is 10.0. The first-order chi connectivity index (χ1) is 8.97. The van der Waals surface area contributed by atoms with Crippen molar-refractivity contribution in [2.24, 2.45) is 0 Å². The Hall–Kier alpha value is -1.23. The maximum Gasteiger partial charge on any atom is 0.171 e. The third-order valence-electron chi connectivity index (χ3n) is 3.02. The molecule has 2 rings (SSSR count). The Morgan fingerprint density at radius 3 is 2.42 bits per heavy atom. The first-order valence-electron chi connectivity index (χ1n) is 6.08. The van der Waals surface area contributed by atoms with Crippen LogP contribution in [0.3, 0.4) is 0 Å². The fourth-order valence-corrected chi connectivity index (χ4v) is 3.30. The summed E-state index contributed by atoms with van der Waals surface area (Å²) < 4.78 is 21.3. The predicted octanol–water partition coefficient (Wildman–Crippen LogP) is 3.36. The Morgan fingerprint density at radius 1 is 1.11 bits per heavy atom. The van der Waals surface area contributed by atoms with E-state index in [1.165, 1.54) is 5.56 Å². The molecule has 0 aromatic heterocycles. The van der Waals surface area contributed by atoms with Crippen molar-refractivity contribution >= 4 is 20.0 Å². The number of benzene rings is 2. The quantitative estimate of drug-likeness (QED) is 0.939. The van der Waals surface area contributed by atoms with Crippen LogP contribution in [0.1, 0.15) is 16.7 Å². The third kappa shape index (κ3) is 3.86. The highest BCUT2D eigenvalue weighted by Crippen LogP contribution is 2.19. The predicted molar refractivity (Wildman–Crippen MR) is 81.4 cm³/mol. The van der Waals surface area contributed by atoms with Crippen molar-refractivity contribution in [3.05, 3.63) is 65.2 Å². The summed E-state index contributed by atoms with van der Waals surface area (Å²) in [6, 6.07) is 15.5. The van der Waals surface area contributed by atoms with Gasteiger partial charge in [0.15, 0.2) is 8.77 Å². The zero-order valence-corrected chi connectivity index (χ0v) is 12.3. The molecule has 0 bridgehead atoms.